The molecule has 29 heavy (non-hydrogen) atoms. The van der Waals surface area contributed by atoms with Crippen molar-refractivity contribution in [1.29, 1.82) is 0 Å². The lowest BCUT2D eigenvalue weighted by Gasteiger charge is -2.32. The van der Waals surface area contributed by atoms with Crippen molar-refractivity contribution in [3.05, 3.63) is 59.3 Å². The van der Waals surface area contributed by atoms with Crippen LogP contribution in [0.1, 0.15) is 30.7 Å². The lowest BCUT2D eigenvalue weighted by molar-refractivity contribution is 0.221. The van der Waals surface area contributed by atoms with Crippen molar-refractivity contribution in [2.45, 2.75) is 40.3 Å². The Balaban J connectivity index is 0.00000392. The zero-order chi connectivity index (χ0) is 20.0. The highest BCUT2D eigenvalue weighted by molar-refractivity contribution is 8.93. The number of urea groups is 1. The maximum absolute atomic E-state index is 12.9. The summed E-state index contributed by atoms with van der Waals surface area (Å²) in [6.45, 7) is 9.68. The minimum Gasteiger partial charge on any atom is -0.330 e. The number of nitrogens with zero attached hydrogens (tertiary/aromatic N) is 3. The molecule has 0 fully saturated rings. The molecule has 1 unspecified atom stereocenters. The zero-order valence-electron chi connectivity index (χ0n) is 18.2. The van der Waals surface area contributed by atoms with E-state index >= 15 is 0 Å². The van der Waals surface area contributed by atoms with Crippen molar-refractivity contribution < 1.29 is 4.79 Å². The van der Waals surface area contributed by atoms with Gasteiger partial charge in [-0.3, -0.25) is 4.90 Å². The lowest BCUT2D eigenvalue weighted by Crippen LogP contribution is -2.49. The summed E-state index contributed by atoms with van der Waals surface area (Å²) in [5.74, 6) is 1.08. The third kappa shape index (κ3) is 8.44. The van der Waals surface area contributed by atoms with E-state index in [0.29, 0.717) is 18.3 Å². The second kappa shape index (κ2) is 13.0. The van der Waals surface area contributed by atoms with Crippen LogP contribution in [-0.4, -0.2) is 42.6 Å². The number of aromatic nitrogens is 1. The molecule has 1 atom stereocenters. The quantitative estimate of drug-likeness (QED) is 0.539. The number of pyridine rings is 1. The smallest absolute Gasteiger partial charge is 0.325 e. The molecule has 2 amide bonds. The van der Waals surface area contributed by atoms with Crippen molar-refractivity contribution in [2.75, 3.05) is 25.5 Å². The monoisotopic (exact) mass is 528 g/mol. The summed E-state index contributed by atoms with van der Waals surface area (Å²) in [7, 11) is 3.56. The highest BCUT2D eigenvalue weighted by Crippen LogP contribution is 2.18. The summed E-state index contributed by atoms with van der Waals surface area (Å²) in [5.41, 5.74) is 3.26. The second-order valence-corrected chi connectivity index (χ2v) is 7.65. The van der Waals surface area contributed by atoms with Gasteiger partial charge in [-0.15, -0.1) is 34.0 Å². The highest BCUT2D eigenvalue weighted by Gasteiger charge is 2.25. The SMILES string of the molecule is Br.Br.Cc1cc(C)nc(N(CC(NCc2ccccc2)C(C)C)C(=O)N(C)C)c1. The largest absolute Gasteiger partial charge is 0.330 e. The maximum atomic E-state index is 12.9. The first-order valence-electron chi connectivity index (χ1n) is 9.49. The Kier molecular flexibility index (Phi) is 12.3. The average molecular weight is 530 g/mol. The number of hydrogen-bond acceptors (Lipinski definition) is 3. The van der Waals surface area contributed by atoms with E-state index in [-0.39, 0.29) is 46.0 Å². The molecule has 1 aromatic carbocycles. The molecule has 1 heterocycles. The Morgan fingerprint density at radius 2 is 1.69 bits per heavy atom. The number of carbonyl (C=O) groups excluding carboxylic acids is 1. The van der Waals surface area contributed by atoms with Gasteiger partial charge in [0.05, 0.1) is 0 Å². The third-order valence-electron chi connectivity index (χ3n) is 4.57. The molecule has 2 aromatic rings. The van der Waals surface area contributed by atoms with E-state index < -0.39 is 0 Å². The van der Waals surface area contributed by atoms with Crippen LogP contribution in [0.5, 0.6) is 0 Å². The lowest BCUT2D eigenvalue weighted by atomic mass is 10.0. The van der Waals surface area contributed by atoms with E-state index in [1.807, 2.05) is 44.2 Å². The van der Waals surface area contributed by atoms with Crippen molar-refractivity contribution >= 4 is 45.8 Å². The Labute approximate surface area is 196 Å². The fourth-order valence-electron chi connectivity index (χ4n) is 3.02. The van der Waals surface area contributed by atoms with Gasteiger partial charge in [-0.25, -0.2) is 9.78 Å². The molecule has 162 valence electrons. The fourth-order valence-corrected chi connectivity index (χ4v) is 3.02. The first-order chi connectivity index (χ1) is 12.8. The van der Waals surface area contributed by atoms with Gasteiger partial charge in [-0.05, 0) is 43.0 Å². The predicted octanol–water partition coefficient (Wildman–Crippen LogP) is 5.16. The van der Waals surface area contributed by atoms with E-state index in [2.05, 4.69) is 36.3 Å². The molecule has 0 bridgehead atoms. The number of anilines is 1. The molecule has 1 aromatic heterocycles. The van der Waals surface area contributed by atoms with Gasteiger partial charge in [-0.1, -0.05) is 44.2 Å². The van der Waals surface area contributed by atoms with Gasteiger partial charge < -0.3 is 10.2 Å². The van der Waals surface area contributed by atoms with Crippen molar-refractivity contribution in [1.82, 2.24) is 15.2 Å². The van der Waals surface area contributed by atoms with Crippen LogP contribution < -0.4 is 10.2 Å². The zero-order valence-corrected chi connectivity index (χ0v) is 21.6. The Bertz CT molecular complexity index is 733. The molecule has 5 nitrogen and oxygen atoms in total. The second-order valence-electron chi connectivity index (χ2n) is 7.65. The number of halogens is 2. The van der Waals surface area contributed by atoms with Crippen LogP contribution >= 0.6 is 34.0 Å². The molecule has 0 aliphatic heterocycles. The van der Waals surface area contributed by atoms with Crippen molar-refractivity contribution in [3.8, 4) is 0 Å². The molecule has 0 spiro atoms. The van der Waals surface area contributed by atoms with Gasteiger partial charge >= 0.3 is 6.03 Å². The van der Waals surface area contributed by atoms with Gasteiger partial charge in [0.1, 0.15) is 5.82 Å². The number of rotatable bonds is 7. The molecule has 0 radical (unpaired) electrons. The summed E-state index contributed by atoms with van der Waals surface area (Å²) in [5, 5.41) is 3.62. The van der Waals surface area contributed by atoms with Crippen LogP contribution in [0, 0.1) is 19.8 Å². The van der Waals surface area contributed by atoms with Crippen LogP contribution in [0.2, 0.25) is 0 Å². The average Bonchev–Trinajstić information content (AvgIpc) is 2.61. The molecule has 7 heteroatoms. The minimum atomic E-state index is -0.0559. The Hall–Kier alpha value is -1.44. The van der Waals surface area contributed by atoms with Gasteiger partial charge in [0.15, 0.2) is 0 Å². The molecule has 1 N–H and O–H groups in total. The van der Waals surface area contributed by atoms with Crippen LogP contribution in [-0.2, 0) is 6.54 Å². The number of benzene rings is 1. The Morgan fingerprint density at radius 3 is 2.21 bits per heavy atom. The standard InChI is InChI=1S/C22H32N4O.2BrH/c1-16(2)20(23-14-19-10-8-7-9-11-19)15-26(22(27)25(5)6)21-13-17(3)12-18(4)24-21;;/h7-13,16,20,23H,14-15H2,1-6H3;2*1H. The first-order valence-corrected chi connectivity index (χ1v) is 9.49. The summed E-state index contributed by atoms with van der Waals surface area (Å²) in [6, 6.07) is 14.4. The molecular formula is C22H34Br2N4O. The molecule has 0 saturated carbocycles. The maximum Gasteiger partial charge on any atom is 0.325 e. The van der Waals surface area contributed by atoms with E-state index in [9.17, 15) is 4.79 Å². The van der Waals surface area contributed by atoms with Crippen molar-refractivity contribution in [3.63, 3.8) is 0 Å². The predicted molar refractivity (Wildman–Crippen MR) is 133 cm³/mol. The molecule has 0 saturated heterocycles. The van der Waals surface area contributed by atoms with Crippen LogP contribution in [0.4, 0.5) is 10.6 Å². The number of nitrogens with one attached hydrogen (secondary N) is 1. The number of hydrogen-bond donors (Lipinski definition) is 1. The van der Waals surface area contributed by atoms with Crippen LogP contribution in [0.3, 0.4) is 0 Å². The van der Waals surface area contributed by atoms with E-state index in [0.717, 1.165) is 17.8 Å². The summed E-state index contributed by atoms with van der Waals surface area (Å²) < 4.78 is 0. The highest BCUT2D eigenvalue weighted by atomic mass is 79.9. The number of aryl methyl sites for hydroxylation is 2. The Morgan fingerprint density at radius 1 is 1.07 bits per heavy atom. The van der Waals surface area contributed by atoms with Crippen molar-refractivity contribution in [2.24, 2.45) is 5.92 Å². The fraction of sp³-hybridized carbons (Fsp3) is 0.455. The summed E-state index contributed by atoms with van der Waals surface area (Å²) in [6.07, 6.45) is 0. The summed E-state index contributed by atoms with van der Waals surface area (Å²) >= 11 is 0. The molecule has 2 rings (SSSR count). The third-order valence-corrected chi connectivity index (χ3v) is 4.57. The van der Waals surface area contributed by atoms with Crippen LogP contribution in [0.15, 0.2) is 42.5 Å². The van der Waals surface area contributed by atoms with Gasteiger partial charge in [0.25, 0.3) is 0 Å². The van der Waals surface area contributed by atoms with Gasteiger partial charge in [0.2, 0.25) is 0 Å². The molecule has 0 aliphatic carbocycles. The molecule has 0 aliphatic rings. The van der Waals surface area contributed by atoms with Gasteiger partial charge in [-0.2, -0.15) is 0 Å². The number of carbonyl (C=O) groups is 1. The van der Waals surface area contributed by atoms with E-state index in [1.165, 1.54) is 5.56 Å². The van der Waals surface area contributed by atoms with Crippen LogP contribution in [0.25, 0.3) is 0 Å². The molecular weight excluding hydrogens is 496 g/mol. The summed E-state index contributed by atoms with van der Waals surface area (Å²) in [4.78, 5) is 20.9. The van der Waals surface area contributed by atoms with Gasteiger partial charge in [0, 0.05) is 38.9 Å². The normalized spacial score (nSPS) is 11.3. The first kappa shape index (κ1) is 27.6. The topological polar surface area (TPSA) is 48.5 Å². The minimum absolute atomic E-state index is 0. The van der Waals surface area contributed by atoms with E-state index in [4.69, 9.17) is 0 Å². The number of amides is 2. The van der Waals surface area contributed by atoms with E-state index in [1.54, 1.807) is 23.9 Å².